The van der Waals surface area contributed by atoms with E-state index in [0.717, 1.165) is 0 Å². The Morgan fingerprint density at radius 2 is 1.62 bits per heavy atom. The first-order chi connectivity index (χ1) is 5.91. The lowest BCUT2D eigenvalue weighted by Gasteiger charge is -2.18. The molecule has 0 spiro atoms. The molecule has 0 radical (unpaired) electrons. The molecule has 3 atom stereocenters. The highest BCUT2D eigenvalue weighted by atomic mass is 16.4. The van der Waals surface area contributed by atoms with Gasteiger partial charge >= 0.3 is 5.97 Å². The highest BCUT2D eigenvalue weighted by Crippen LogP contribution is 2.01. The van der Waals surface area contributed by atoms with Gasteiger partial charge in [-0.3, -0.25) is 4.79 Å². The predicted molar refractivity (Wildman–Crippen MR) is 37.7 cm³/mol. The fourth-order valence-electron chi connectivity index (χ4n) is 0.600. The van der Waals surface area contributed by atoms with E-state index < -0.39 is 36.7 Å². The van der Waals surface area contributed by atoms with Crippen molar-refractivity contribution < 1.29 is 35.1 Å². The topological polar surface area (TPSA) is 135 Å². The van der Waals surface area contributed by atoms with Crippen LogP contribution in [0.5, 0.6) is 0 Å². The maximum Gasteiger partial charge on any atom is 0.375 e. The van der Waals surface area contributed by atoms with Crippen LogP contribution in [-0.2, 0) is 9.59 Å². The third-order valence-corrected chi connectivity index (χ3v) is 1.38. The zero-order valence-electron chi connectivity index (χ0n) is 6.49. The minimum absolute atomic E-state index is 0.884. The standard InChI is InChI=1S/C6H10O7/c7-1-2(8)3(9)4(10)5(11)6(12)13/h2-4,7-10H,1H2,(H,12,13)/t2-,3-,4+/m1/s1. The zero-order valence-corrected chi connectivity index (χ0v) is 6.49. The minimum Gasteiger partial charge on any atom is -0.475 e. The molecular weight excluding hydrogens is 184 g/mol. The van der Waals surface area contributed by atoms with Crippen LogP contribution in [-0.4, -0.2) is 62.2 Å². The molecule has 76 valence electrons. The van der Waals surface area contributed by atoms with Crippen LogP contribution in [0.4, 0.5) is 0 Å². The Bertz CT molecular complexity index is 201. The van der Waals surface area contributed by atoms with Crippen LogP contribution in [0.25, 0.3) is 0 Å². The molecule has 0 bridgehead atoms. The first kappa shape index (κ1) is 12.0. The molecule has 0 rings (SSSR count). The van der Waals surface area contributed by atoms with Crippen LogP contribution in [0, 0.1) is 0 Å². The summed E-state index contributed by atoms with van der Waals surface area (Å²) in [6.07, 6.45) is -5.99. The number of aliphatic hydroxyl groups is 4. The third kappa shape index (κ3) is 3.07. The SMILES string of the molecule is O=C(O)C(=O)[C@@H](O)[C@H](O)[C@H](O)CO. The van der Waals surface area contributed by atoms with Crippen LogP contribution >= 0.6 is 0 Å². The number of carboxylic acids is 1. The van der Waals surface area contributed by atoms with E-state index in [1.165, 1.54) is 0 Å². The quantitative estimate of drug-likeness (QED) is 0.289. The molecule has 0 saturated carbocycles. The lowest BCUT2D eigenvalue weighted by molar-refractivity contribution is -0.159. The summed E-state index contributed by atoms with van der Waals surface area (Å²) in [7, 11) is 0. The second kappa shape index (κ2) is 4.87. The number of hydrogen-bond acceptors (Lipinski definition) is 6. The summed E-state index contributed by atoms with van der Waals surface area (Å²) in [5.41, 5.74) is 0. The summed E-state index contributed by atoms with van der Waals surface area (Å²) in [6, 6.07) is 0. The maximum absolute atomic E-state index is 10.5. The minimum atomic E-state index is -2.24. The molecule has 0 heterocycles. The summed E-state index contributed by atoms with van der Waals surface area (Å²) in [5, 5.41) is 42.8. The van der Waals surface area contributed by atoms with Gasteiger partial charge in [-0.1, -0.05) is 0 Å². The van der Waals surface area contributed by atoms with Crippen molar-refractivity contribution in [3.05, 3.63) is 0 Å². The molecule has 0 unspecified atom stereocenters. The fourth-order valence-corrected chi connectivity index (χ4v) is 0.600. The Balaban J connectivity index is 4.33. The van der Waals surface area contributed by atoms with Crippen molar-refractivity contribution in [2.75, 3.05) is 6.61 Å². The molecular formula is C6H10O7. The van der Waals surface area contributed by atoms with E-state index in [1.54, 1.807) is 0 Å². The number of carbonyl (C=O) groups is 2. The molecule has 0 saturated heterocycles. The molecule has 0 aromatic rings. The van der Waals surface area contributed by atoms with Gasteiger partial charge in [-0.2, -0.15) is 0 Å². The van der Waals surface area contributed by atoms with Crippen molar-refractivity contribution in [1.82, 2.24) is 0 Å². The van der Waals surface area contributed by atoms with E-state index in [9.17, 15) is 9.59 Å². The molecule has 0 fully saturated rings. The van der Waals surface area contributed by atoms with Gasteiger partial charge in [0.25, 0.3) is 5.78 Å². The van der Waals surface area contributed by atoms with Gasteiger partial charge < -0.3 is 25.5 Å². The summed E-state index contributed by atoms with van der Waals surface area (Å²) in [4.78, 5) is 20.5. The number of carbonyl (C=O) groups excluding carboxylic acids is 1. The van der Waals surface area contributed by atoms with Crippen molar-refractivity contribution in [2.45, 2.75) is 18.3 Å². The van der Waals surface area contributed by atoms with Gasteiger partial charge in [0, 0.05) is 0 Å². The fraction of sp³-hybridized carbons (Fsp3) is 0.667. The van der Waals surface area contributed by atoms with Gasteiger partial charge in [0.1, 0.15) is 12.2 Å². The average Bonchev–Trinajstić information content (AvgIpc) is 2.12. The van der Waals surface area contributed by atoms with Crippen LogP contribution < -0.4 is 0 Å². The van der Waals surface area contributed by atoms with Crippen molar-refractivity contribution in [1.29, 1.82) is 0 Å². The first-order valence-electron chi connectivity index (χ1n) is 3.34. The van der Waals surface area contributed by atoms with E-state index in [4.69, 9.17) is 25.5 Å². The number of aliphatic carboxylic acids is 1. The molecule has 5 N–H and O–H groups in total. The van der Waals surface area contributed by atoms with Crippen molar-refractivity contribution in [2.24, 2.45) is 0 Å². The second-order valence-electron chi connectivity index (χ2n) is 2.35. The van der Waals surface area contributed by atoms with E-state index in [0.29, 0.717) is 0 Å². The molecule has 0 aromatic heterocycles. The largest absolute Gasteiger partial charge is 0.475 e. The lowest BCUT2D eigenvalue weighted by Crippen LogP contribution is -2.46. The van der Waals surface area contributed by atoms with Gasteiger partial charge in [-0.25, -0.2) is 4.79 Å². The van der Waals surface area contributed by atoms with Crippen molar-refractivity contribution in [3.63, 3.8) is 0 Å². The van der Waals surface area contributed by atoms with Crippen LogP contribution in [0.1, 0.15) is 0 Å². The van der Waals surface area contributed by atoms with Crippen molar-refractivity contribution >= 4 is 11.8 Å². The molecule has 0 aliphatic heterocycles. The molecule has 0 aromatic carbocycles. The van der Waals surface area contributed by atoms with E-state index in [-0.39, 0.29) is 0 Å². The Morgan fingerprint density at radius 1 is 1.15 bits per heavy atom. The van der Waals surface area contributed by atoms with Crippen LogP contribution in [0.15, 0.2) is 0 Å². The normalized spacial score (nSPS) is 17.5. The average molecular weight is 194 g/mol. The molecule has 7 nitrogen and oxygen atoms in total. The third-order valence-electron chi connectivity index (χ3n) is 1.38. The number of hydrogen-bond donors (Lipinski definition) is 5. The Morgan fingerprint density at radius 3 is 1.92 bits per heavy atom. The summed E-state index contributed by atoms with van der Waals surface area (Å²) in [5.74, 6) is -3.56. The molecule has 13 heavy (non-hydrogen) atoms. The van der Waals surface area contributed by atoms with Gasteiger partial charge in [0.15, 0.2) is 6.10 Å². The highest BCUT2D eigenvalue weighted by molar-refractivity contribution is 6.34. The number of ketones is 1. The maximum atomic E-state index is 10.5. The number of carboxylic acid groups (broad SMARTS) is 1. The first-order valence-corrected chi connectivity index (χ1v) is 3.34. The Labute approximate surface area is 72.9 Å². The molecule has 0 amide bonds. The lowest BCUT2D eigenvalue weighted by atomic mass is 10.1. The van der Waals surface area contributed by atoms with Gasteiger partial charge in [0.2, 0.25) is 0 Å². The monoisotopic (exact) mass is 194 g/mol. The smallest absolute Gasteiger partial charge is 0.375 e. The summed E-state index contributed by atoms with van der Waals surface area (Å²) < 4.78 is 0. The number of aliphatic hydroxyl groups excluding tert-OH is 4. The highest BCUT2D eigenvalue weighted by Gasteiger charge is 2.33. The van der Waals surface area contributed by atoms with E-state index >= 15 is 0 Å². The number of rotatable bonds is 5. The Kier molecular flexibility index (Phi) is 4.49. The van der Waals surface area contributed by atoms with E-state index in [1.807, 2.05) is 0 Å². The van der Waals surface area contributed by atoms with Crippen LogP contribution in [0.2, 0.25) is 0 Å². The van der Waals surface area contributed by atoms with E-state index in [2.05, 4.69) is 0 Å². The van der Waals surface area contributed by atoms with Gasteiger partial charge in [-0.15, -0.1) is 0 Å². The second-order valence-corrected chi connectivity index (χ2v) is 2.35. The van der Waals surface area contributed by atoms with Crippen LogP contribution in [0.3, 0.4) is 0 Å². The van der Waals surface area contributed by atoms with Crippen molar-refractivity contribution in [3.8, 4) is 0 Å². The zero-order chi connectivity index (χ0) is 10.6. The summed E-state index contributed by atoms with van der Waals surface area (Å²) in [6.45, 7) is -0.884. The summed E-state index contributed by atoms with van der Waals surface area (Å²) >= 11 is 0. The molecule has 7 heteroatoms. The Hall–Kier alpha value is -1.02. The molecule has 0 aliphatic carbocycles. The van der Waals surface area contributed by atoms with Gasteiger partial charge in [0.05, 0.1) is 6.61 Å². The van der Waals surface area contributed by atoms with Gasteiger partial charge in [-0.05, 0) is 0 Å². The molecule has 0 aliphatic rings. The number of Topliss-reactive ketones (excluding diaryl/α,β-unsaturated/α-hetero) is 1. The predicted octanol–water partition coefficient (Wildman–Crippen LogP) is -3.28.